The summed E-state index contributed by atoms with van der Waals surface area (Å²) in [5.41, 5.74) is 7.02. The zero-order chi connectivity index (χ0) is 88.1. The van der Waals surface area contributed by atoms with Gasteiger partial charge in [0.05, 0.1) is 182 Å². The lowest BCUT2D eigenvalue weighted by atomic mass is 9.97. The molecule has 0 aliphatic carbocycles. The quantitative estimate of drug-likeness (QED) is 0.0259. The molecule has 0 aromatic heterocycles. The molecule has 0 bridgehead atoms. The Hall–Kier alpha value is -2.50. The molecule has 2 aromatic carbocycles. The molecule has 0 unspecified atom stereocenters. The number of thioether (sulfide) groups is 2. The van der Waals surface area contributed by atoms with Crippen LogP contribution in [-0.2, 0) is 90.2 Å². The van der Waals surface area contributed by atoms with Gasteiger partial charge in [-0.05, 0) is 125 Å². The molecule has 121 heavy (non-hydrogen) atoms. The van der Waals surface area contributed by atoms with Crippen LogP contribution >= 0.6 is 68.7 Å². The number of likely N-dealkylation sites (N-methyl/N-ethyl adjacent to an activating group) is 2. The third-order valence-corrected chi connectivity index (χ3v) is 28.2. The summed E-state index contributed by atoms with van der Waals surface area (Å²) in [7, 11) is 11.4. The van der Waals surface area contributed by atoms with Crippen LogP contribution in [-0.4, -0.2) is 368 Å². The van der Waals surface area contributed by atoms with Crippen molar-refractivity contribution in [1.82, 2.24) is 21.6 Å². The van der Waals surface area contributed by atoms with Crippen molar-refractivity contribution >= 4 is 78.9 Å². The Balaban J connectivity index is 0.734. The largest absolute Gasteiger partial charge is 0.492 e. The summed E-state index contributed by atoms with van der Waals surface area (Å²) in [6.45, 7) is 19.1. The van der Waals surface area contributed by atoms with Gasteiger partial charge >= 0.3 is 0 Å². The highest BCUT2D eigenvalue weighted by molar-refractivity contribution is 14.1. The van der Waals surface area contributed by atoms with Crippen LogP contribution in [0.4, 0.5) is 0 Å². The summed E-state index contributed by atoms with van der Waals surface area (Å²) in [4.78, 5) is 41.2. The molecular weight excluding hydrogens is 1870 g/mol. The lowest BCUT2D eigenvalue weighted by molar-refractivity contribution is -0.336. The van der Waals surface area contributed by atoms with Gasteiger partial charge in [0.2, 0.25) is 34.3 Å². The Kier molecular flexibility index (Phi) is 39.0. The van der Waals surface area contributed by atoms with E-state index in [1.54, 1.807) is 69.6 Å². The number of carbonyl (C=O) groups is 2. The summed E-state index contributed by atoms with van der Waals surface area (Å²) < 4.78 is 140. The third kappa shape index (κ3) is 23.6. The van der Waals surface area contributed by atoms with Crippen LogP contribution in [0.3, 0.4) is 0 Å². The van der Waals surface area contributed by atoms with Gasteiger partial charge in [-0.3, -0.25) is 19.3 Å². The molecule has 8 aliphatic heterocycles. The minimum absolute atomic E-state index is 0.0000986. The molecule has 2 aromatic rings. The maximum atomic E-state index is 14.5. The average Bonchev–Trinajstić information content (AvgIpc) is 0.763. The first-order valence-corrected chi connectivity index (χ1v) is 44.5. The van der Waals surface area contributed by atoms with Crippen LogP contribution in [0.25, 0.3) is 0 Å². The van der Waals surface area contributed by atoms with Crippen LogP contribution < -0.4 is 50.0 Å². The van der Waals surface area contributed by atoms with Crippen molar-refractivity contribution in [3.05, 3.63) is 29.4 Å². The molecular formula is C78H124I2N4O35S2. The van der Waals surface area contributed by atoms with Crippen LogP contribution in [0, 0.1) is 21.0 Å². The molecule has 43 heteroatoms. The molecule has 8 aliphatic rings. The summed E-state index contributed by atoms with van der Waals surface area (Å²) >= 11 is 5.69. The summed E-state index contributed by atoms with van der Waals surface area (Å²) in [5, 5.41) is 95.8. The van der Waals surface area contributed by atoms with Crippen molar-refractivity contribution in [3.63, 3.8) is 0 Å². The van der Waals surface area contributed by atoms with Crippen molar-refractivity contribution in [3.8, 4) is 34.5 Å². The number of halogens is 2. The monoisotopic (exact) mass is 1990 g/mol. The molecule has 10 rings (SSSR count). The zero-order valence-electron chi connectivity index (χ0n) is 71.3. The minimum Gasteiger partial charge on any atom is -0.492 e. The summed E-state index contributed by atoms with van der Waals surface area (Å²) in [5.74, 6) is 0.374. The second kappa shape index (κ2) is 46.8. The predicted molar refractivity (Wildman–Crippen MR) is 445 cm³/mol. The number of carbonyl (C=O) groups excluding carboxylic acids is 2. The maximum absolute atomic E-state index is 14.5. The lowest BCUT2D eigenvalue weighted by Gasteiger charge is -2.46. The standard InChI is InChI=1S/C78H124I2N4O35S2/c1-19-81-39-29-106-45(27-43(39)95-11)114-67-57(89)53(83-118-47-25-41(85)71(37(9)108-47)120-73(93)49-31(3)51(79)63(69(101-17)61(49)97-13)116-75-59(91)65(99-15)55(87)35(7)112-75)33(5)110-77(67)104-23-21-103-22-24-105-78-68(115-46-28-44(96-12)40(30-107-46)82-20-2)58(90)54(34(6)111-78)84-119-48-26-42(86)72(38(10)109-48)121-74(94)50-32(4)52(80)64(70(102-18)62(50)98-14)117-76-60(92)66(100-16)56(88)36(8)113-76/h33-48,53-60,65-68,71-72,75-78,81-92H,19-30H2,1-18H3/t33-,34-,35+,36+,37-,38-,39+,40+,41+,42+,43+,44+,45+,46+,47+,48+,53-,54-,55+,56+,57+,58+,59-,60-,65-,66-,67-,68-,71-,72-,75+,76+,77-,78-/m1/s1. The van der Waals surface area contributed by atoms with Crippen molar-refractivity contribution in [1.29, 1.82) is 0 Å². The van der Waals surface area contributed by atoms with Crippen LogP contribution in [0.1, 0.15) is 113 Å². The molecule has 12 N–H and O–H groups in total. The van der Waals surface area contributed by atoms with E-state index in [1.807, 2.05) is 59.0 Å². The molecule has 8 fully saturated rings. The van der Waals surface area contributed by atoms with E-state index in [0.29, 0.717) is 31.4 Å². The number of rotatable bonds is 38. The topological polar surface area (TPSA) is 475 Å². The fraction of sp³-hybridized carbons (Fsp3) is 0.821. The van der Waals surface area contributed by atoms with Crippen LogP contribution in [0.15, 0.2) is 0 Å². The number of methoxy groups -OCH3 is 8. The normalized spacial score (nSPS) is 38.6. The van der Waals surface area contributed by atoms with Crippen molar-refractivity contribution in [2.75, 3.05) is 110 Å². The summed E-state index contributed by atoms with van der Waals surface area (Å²) in [6, 6.07) is -2.23. The Morgan fingerprint density at radius 1 is 0.421 bits per heavy atom. The van der Waals surface area contributed by atoms with E-state index in [9.17, 15) is 50.4 Å². The first-order valence-electron chi connectivity index (χ1n) is 40.6. The Labute approximate surface area is 740 Å². The molecule has 39 nitrogen and oxygen atoms in total. The number of nitrogens with one attached hydrogen (secondary N) is 4. The van der Waals surface area contributed by atoms with Gasteiger partial charge in [0.1, 0.15) is 61.0 Å². The van der Waals surface area contributed by atoms with Gasteiger partial charge in [-0.2, -0.15) is 11.0 Å². The molecule has 34 atom stereocenters. The van der Waals surface area contributed by atoms with E-state index >= 15 is 0 Å². The highest BCUT2D eigenvalue weighted by atomic mass is 127. The number of hydrogen-bond donors (Lipinski definition) is 12. The van der Waals surface area contributed by atoms with Gasteiger partial charge < -0.3 is 160 Å². The fourth-order valence-electron chi connectivity index (χ4n) is 16.1. The van der Waals surface area contributed by atoms with Crippen molar-refractivity contribution < 1.29 is 169 Å². The van der Waals surface area contributed by atoms with Gasteiger partial charge in [0.25, 0.3) is 0 Å². The highest BCUT2D eigenvalue weighted by Crippen LogP contribution is 2.51. The van der Waals surface area contributed by atoms with Crippen LogP contribution in [0.5, 0.6) is 34.5 Å². The first kappa shape index (κ1) is 101. The second-order valence-electron chi connectivity index (χ2n) is 30.7. The molecule has 0 spiro atoms. The molecule has 0 radical (unpaired) electrons. The van der Waals surface area contributed by atoms with Gasteiger partial charge in [-0.25, -0.2) is 0 Å². The number of benzene rings is 2. The minimum atomic E-state index is -1.41. The van der Waals surface area contributed by atoms with E-state index in [-0.39, 0.29) is 135 Å². The number of ether oxygens (including phenoxy) is 23. The van der Waals surface area contributed by atoms with E-state index in [4.69, 9.17) is 119 Å². The molecule has 0 amide bonds. The number of hydroxylamine groups is 2. The Bertz CT molecular complexity index is 3360. The second-order valence-corrected chi connectivity index (χ2v) is 35.1. The van der Waals surface area contributed by atoms with Crippen molar-refractivity contribution in [2.24, 2.45) is 0 Å². The van der Waals surface area contributed by atoms with Gasteiger partial charge in [-0.1, -0.05) is 37.4 Å². The molecule has 692 valence electrons. The smallest absolute Gasteiger partial charge is 0.229 e. The summed E-state index contributed by atoms with van der Waals surface area (Å²) in [6.07, 6.45) is -28.5. The molecule has 8 heterocycles. The maximum Gasteiger partial charge on any atom is 0.229 e. The van der Waals surface area contributed by atoms with Gasteiger partial charge in [0, 0.05) is 54.1 Å². The average molecular weight is 2000 g/mol. The van der Waals surface area contributed by atoms with E-state index in [0.717, 1.165) is 23.5 Å². The number of hydrogen-bond acceptors (Lipinski definition) is 41. The number of aliphatic hydroxyl groups is 8. The molecule has 0 saturated carbocycles. The van der Waals surface area contributed by atoms with Crippen molar-refractivity contribution in [2.45, 2.75) is 302 Å². The van der Waals surface area contributed by atoms with Gasteiger partial charge in [0.15, 0.2) is 60.7 Å². The Morgan fingerprint density at radius 3 is 1.12 bits per heavy atom. The van der Waals surface area contributed by atoms with Crippen LogP contribution in [0.2, 0.25) is 0 Å². The highest BCUT2D eigenvalue weighted by Gasteiger charge is 2.53. The van der Waals surface area contributed by atoms with Gasteiger partial charge in [-0.15, -0.1) is 0 Å². The lowest BCUT2D eigenvalue weighted by Crippen LogP contribution is -2.64. The SMILES string of the molecule is CCN[C@H]1CO[C@@H](O[C@H]2[C@H](OCCOCCO[C@@H]3O[C@H](C)[C@@H](NO[C@H]4C[C@H](O)[C@H](SC(=O)c5c(C)c(I)c(O[C@@H]6O[C@@H](C)[C@H](O)[C@@H](OC)[C@H]6O)c(OC)c5OC)[C@@H](C)O4)[C@H](O)[C@H]3O[C@H]3C[C@H](OC)[C@@H](NCC)CO3)O[C@H](C)[C@@H](NO[C@H]3C[C@H](O)[C@H](SC(=O)c4c(C)c(I)c(O[C@@H]5O[C@@H](C)[C@H](O)[C@@H](OC)[C@H]5O)c(OC)c4OC)[C@@H](C)O3)[C@@H]2O)C[C@@H]1OC. The predicted octanol–water partition coefficient (Wildman–Crippen LogP) is 1.73. The first-order chi connectivity index (χ1) is 57.8. The molecule has 8 saturated heterocycles. The zero-order valence-corrected chi connectivity index (χ0v) is 77.2. The van der Waals surface area contributed by atoms with E-state index in [1.165, 1.54) is 42.7 Å². The third-order valence-electron chi connectivity index (χ3n) is 22.8. The van der Waals surface area contributed by atoms with E-state index in [2.05, 4.69) is 21.6 Å². The van der Waals surface area contributed by atoms with E-state index < -0.39 is 193 Å². The Morgan fingerprint density at radius 2 is 0.785 bits per heavy atom. The number of aliphatic hydroxyl groups excluding tert-OH is 8. The fourth-order valence-corrected chi connectivity index (χ4v) is 19.7.